The first-order valence-corrected chi connectivity index (χ1v) is 8.62. The molecule has 118 valence electrons. The van der Waals surface area contributed by atoms with Gasteiger partial charge in [-0.3, -0.25) is 0 Å². The second kappa shape index (κ2) is 6.34. The molecule has 21 heavy (non-hydrogen) atoms. The highest BCUT2D eigenvalue weighted by molar-refractivity contribution is 7.89. The highest BCUT2D eigenvalue weighted by Gasteiger charge is 2.33. The van der Waals surface area contributed by atoms with Crippen LogP contribution in [0.4, 0.5) is 0 Å². The maximum absolute atomic E-state index is 12.7. The monoisotopic (exact) mass is 313 g/mol. The number of hydrogen-bond donors (Lipinski definition) is 1. The summed E-state index contributed by atoms with van der Waals surface area (Å²) >= 11 is 0. The number of aliphatic hydroxyl groups is 1. The zero-order chi connectivity index (χ0) is 15.6. The Morgan fingerprint density at radius 3 is 2.67 bits per heavy atom. The van der Waals surface area contributed by atoms with Crippen LogP contribution in [0.25, 0.3) is 0 Å². The van der Waals surface area contributed by atoms with Crippen molar-refractivity contribution in [2.45, 2.75) is 31.8 Å². The molecule has 1 saturated heterocycles. The smallest absolute Gasteiger partial charge is 0.243 e. The minimum atomic E-state index is -3.50. The van der Waals surface area contributed by atoms with Gasteiger partial charge in [-0.2, -0.15) is 4.31 Å². The van der Waals surface area contributed by atoms with Crippen molar-refractivity contribution in [1.82, 2.24) is 4.31 Å². The average Bonchev–Trinajstić information content (AvgIpc) is 2.97. The van der Waals surface area contributed by atoms with Crippen molar-refractivity contribution in [2.24, 2.45) is 11.8 Å². The Labute approximate surface area is 126 Å². The van der Waals surface area contributed by atoms with E-state index in [-0.39, 0.29) is 11.5 Å². The van der Waals surface area contributed by atoms with E-state index >= 15 is 0 Å². The van der Waals surface area contributed by atoms with Gasteiger partial charge in [0.2, 0.25) is 10.0 Å². The fourth-order valence-corrected chi connectivity index (χ4v) is 4.27. The minimum absolute atomic E-state index is 0.219. The summed E-state index contributed by atoms with van der Waals surface area (Å²) in [6.07, 6.45) is 0.903. The number of nitrogens with zero attached hydrogens (tertiary/aromatic N) is 1. The molecule has 0 saturated carbocycles. The van der Waals surface area contributed by atoms with E-state index in [9.17, 15) is 13.5 Å². The normalized spacial score (nSPS) is 20.1. The zero-order valence-electron chi connectivity index (χ0n) is 12.7. The van der Waals surface area contributed by atoms with E-state index in [0.29, 0.717) is 36.2 Å². The van der Waals surface area contributed by atoms with Gasteiger partial charge in [0.1, 0.15) is 5.75 Å². The number of ether oxygens (including phenoxy) is 1. The standard InChI is InChI=1S/C15H23NO4S/c1-11(2)12-6-7-16(9-12)21(18,19)14-4-5-15(20-3)13(8-14)10-17/h4-5,8,11-12,17H,6-7,9-10H2,1-3H3. The van der Waals surface area contributed by atoms with Crippen molar-refractivity contribution in [3.8, 4) is 5.75 Å². The Balaban J connectivity index is 2.28. The van der Waals surface area contributed by atoms with Crippen LogP contribution in [0.1, 0.15) is 25.8 Å². The average molecular weight is 313 g/mol. The van der Waals surface area contributed by atoms with E-state index in [2.05, 4.69) is 13.8 Å². The molecule has 2 rings (SSSR count). The maximum atomic E-state index is 12.7. The summed E-state index contributed by atoms with van der Waals surface area (Å²) in [6, 6.07) is 4.63. The van der Waals surface area contributed by atoms with E-state index < -0.39 is 10.0 Å². The lowest BCUT2D eigenvalue weighted by Crippen LogP contribution is -2.29. The van der Waals surface area contributed by atoms with E-state index in [1.54, 1.807) is 10.4 Å². The molecule has 1 fully saturated rings. The summed E-state index contributed by atoms with van der Waals surface area (Å²) in [7, 11) is -2.00. The molecule has 1 unspecified atom stereocenters. The minimum Gasteiger partial charge on any atom is -0.496 e. The SMILES string of the molecule is COc1ccc(S(=O)(=O)N2CCC(C(C)C)C2)cc1CO. The van der Waals surface area contributed by atoms with Crippen LogP contribution in [-0.4, -0.2) is 38.0 Å². The number of rotatable bonds is 5. The van der Waals surface area contributed by atoms with Gasteiger partial charge in [0.15, 0.2) is 0 Å². The summed E-state index contributed by atoms with van der Waals surface area (Å²) < 4.78 is 32.0. The second-order valence-corrected chi connectivity index (χ2v) is 7.73. The zero-order valence-corrected chi connectivity index (χ0v) is 13.6. The number of aliphatic hydroxyl groups excluding tert-OH is 1. The predicted molar refractivity (Wildman–Crippen MR) is 80.6 cm³/mol. The van der Waals surface area contributed by atoms with Crippen LogP contribution in [0.2, 0.25) is 0 Å². The fraction of sp³-hybridized carbons (Fsp3) is 0.600. The van der Waals surface area contributed by atoms with Crippen molar-refractivity contribution in [3.05, 3.63) is 23.8 Å². The van der Waals surface area contributed by atoms with Gasteiger partial charge in [0.25, 0.3) is 0 Å². The lowest BCUT2D eigenvalue weighted by atomic mass is 9.96. The Kier molecular flexibility index (Phi) is 4.91. The lowest BCUT2D eigenvalue weighted by Gasteiger charge is -2.19. The third-order valence-electron chi connectivity index (χ3n) is 4.19. The summed E-state index contributed by atoms with van der Waals surface area (Å²) in [5.41, 5.74) is 0.484. The molecule has 1 aromatic carbocycles. The van der Waals surface area contributed by atoms with Gasteiger partial charge in [-0.15, -0.1) is 0 Å². The quantitative estimate of drug-likeness (QED) is 0.901. The first kappa shape index (κ1) is 16.3. The van der Waals surface area contributed by atoms with Gasteiger partial charge in [-0.1, -0.05) is 13.8 Å². The van der Waals surface area contributed by atoms with Crippen LogP contribution in [0.3, 0.4) is 0 Å². The number of hydrogen-bond acceptors (Lipinski definition) is 4. The molecule has 0 spiro atoms. The van der Waals surface area contributed by atoms with Gasteiger partial charge in [0.05, 0.1) is 18.6 Å². The second-order valence-electron chi connectivity index (χ2n) is 5.79. The largest absolute Gasteiger partial charge is 0.496 e. The summed E-state index contributed by atoms with van der Waals surface area (Å²) in [6.45, 7) is 5.13. The summed E-state index contributed by atoms with van der Waals surface area (Å²) in [4.78, 5) is 0.219. The van der Waals surface area contributed by atoms with E-state index in [1.165, 1.54) is 19.2 Å². The van der Waals surface area contributed by atoms with Crippen molar-refractivity contribution >= 4 is 10.0 Å². The Hall–Kier alpha value is -1.11. The maximum Gasteiger partial charge on any atom is 0.243 e. The summed E-state index contributed by atoms with van der Waals surface area (Å²) in [5.74, 6) is 1.39. The molecule has 1 aliphatic heterocycles. The van der Waals surface area contributed by atoms with Gasteiger partial charge in [-0.25, -0.2) is 8.42 Å². The molecule has 0 aliphatic carbocycles. The van der Waals surface area contributed by atoms with Gasteiger partial charge in [-0.05, 0) is 36.5 Å². The predicted octanol–water partition coefficient (Wildman–Crippen LogP) is 1.85. The third-order valence-corrected chi connectivity index (χ3v) is 6.05. The van der Waals surface area contributed by atoms with Crippen LogP contribution >= 0.6 is 0 Å². The highest BCUT2D eigenvalue weighted by Crippen LogP contribution is 2.30. The van der Waals surface area contributed by atoms with E-state index in [0.717, 1.165) is 6.42 Å². The van der Waals surface area contributed by atoms with Crippen LogP contribution < -0.4 is 4.74 Å². The van der Waals surface area contributed by atoms with Gasteiger partial charge in [0, 0.05) is 18.7 Å². The molecule has 1 atom stereocenters. The number of benzene rings is 1. The first-order chi connectivity index (χ1) is 9.90. The molecule has 1 aromatic rings. The first-order valence-electron chi connectivity index (χ1n) is 7.18. The molecular formula is C15H23NO4S. The van der Waals surface area contributed by atoms with Crippen molar-refractivity contribution < 1.29 is 18.3 Å². The molecule has 0 amide bonds. The lowest BCUT2D eigenvalue weighted by molar-refractivity contribution is 0.273. The van der Waals surface area contributed by atoms with Crippen molar-refractivity contribution in [2.75, 3.05) is 20.2 Å². The Bertz CT molecular complexity index is 598. The molecular weight excluding hydrogens is 290 g/mol. The molecule has 5 nitrogen and oxygen atoms in total. The van der Waals surface area contributed by atoms with Crippen molar-refractivity contribution in [1.29, 1.82) is 0 Å². The van der Waals surface area contributed by atoms with Gasteiger partial charge < -0.3 is 9.84 Å². The van der Waals surface area contributed by atoms with Crippen molar-refractivity contribution in [3.63, 3.8) is 0 Å². The number of methoxy groups -OCH3 is 1. The van der Waals surface area contributed by atoms with Crippen LogP contribution in [0, 0.1) is 11.8 Å². The van der Waals surface area contributed by atoms with Gasteiger partial charge >= 0.3 is 0 Å². The van der Waals surface area contributed by atoms with E-state index in [1.807, 2.05) is 0 Å². The molecule has 0 radical (unpaired) electrons. The number of sulfonamides is 1. The molecule has 1 N–H and O–H groups in total. The van der Waals surface area contributed by atoms with Crippen LogP contribution in [0.15, 0.2) is 23.1 Å². The van der Waals surface area contributed by atoms with E-state index in [4.69, 9.17) is 4.74 Å². The van der Waals surface area contributed by atoms with Crippen LogP contribution in [-0.2, 0) is 16.6 Å². The Morgan fingerprint density at radius 2 is 2.14 bits per heavy atom. The molecule has 6 heteroatoms. The molecule has 1 aliphatic rings. The third kappa shape index (κ3) is 3.22. The van der Waals surface area contributed by atoms with Crippen LogP contribution in [0.5, 0.6) is 5.75 Å². The molecule has 0 aromatic heterocycles. The molecule has 1 heterocycles. The fourth-order valence-electron chi connectivity index (χ4n) is 2.70. The Morgan fingerprint density at radius 1 is 1.43 bits per heavy atom. The topological polar surface area (TPSA) is 66.8 Å². The highest BCUT2D eigenvalue weighted by atomic mass is 32.2. The summed E-state index contributed by atoms with van der Waals surface area (Å²) in [5, 5.41) is 9.33. The molecule has 0 bridgehead atoms.